The zero-order chi connectivity index (χ0) is 32.1. The second kappa shape index (κ2) is 13.2. The Labute approximate surface area is 281 Å². The van der Waals surface area contributed by atoms with Crippen molar-refractivity contribution in [3.05, 3.63) is 194 Å². The molecule has 2 heteroatoms. The summed E-state index contributed by atoms with van der Waals surface area (Å²) in [6.07, 6.45) is 0. The summed E-state index contributed by atoms with van der Waals surface area (Å²) < 4.78 is 0. The van der Waals surface area contributed by atoms with Crippen LogP contribution in [0.2, 0.25) is 0 Å². The minimum absolute atomic E-state index is 0.708. The molecule has 48 heavy (non-hydrogen) atoms. The average Bonchev–Trinajstić information content (AvgIpc) is 3.19. The van der Waals surface area contributed by atoms with Crippen molar-refractivity contribution < 1.29 is 0 Å². The number of rotatable bonds is 7. The number of nitrogens with zero attached hydrogens (tertiary/aromatic N) is 2. The van der Waals surface area contributed by atoms with Crippen LogP contribution in [0.15, 0.2) is 194 Å². The molecule has 0 bridgehead atoms. The van der Waals surface area contributed by atoms with Gasteiger partial charge in [-0.2, -0.15) is 0 Å². The Hall–Kier alpha value is -6.38. The van der Waals surface area contributed by atoms with Gasteiger partial charge < -0.3 is 0 Å². The standard InChI is InChI=1S/C46H32N2/c1-4-13-33(14-5-1)34-25-27-35(28-26-34)38-19-10-20-39(29-38)40-21-11-22-41(30-40)42-23-12-24-43(31-42)46-47-44(36-15-6-2-7-16-36)32-45(48-46)37-17-8-3-9-18-37/h1-32H. The molecule has 7 aromatic carbocycles. The maximum atomic E-state index is 5.05. The van der Waals surface area contributed by atoms with Crippen molar-refractivity contribution in [1.82, 2.24) is 9.97 Å². The van der Waals surface area contributed by atoms with Crippen molar-refractivity contribution in [2.75, 3.05) is 0 Å². The van der Waals surface area contributed by atoms with Crippen molar-refractivity contribution in [1.29, 1.82) is 0 Å². The van der Waals surface area contributed by atoms with E-state index in [1.807, 2.05) is 36.4 Å². The van der Waals surface area contributed by atoms with E-state index in [0.717, 1.165) is 39.2 Å². The summed E-state index contributed by atoms with van der Waals surface area (Å²) in [5.41, 5.74) is 14.4. The highest BCUT2D eigenvalue weighted by Gasteiger charge is 2.12. The van der Waals surface area contributed by atoms with Crippen LogP contribution in [-0.4, -0.2) is 9.97 Å². The summed E-state index contributed by atoms with van der Waals surface area (Å²) >= 11 is 0. The molecule has 2 nitrogen and oxygen atoms in total. The van der Waals surface area contributed by atoms with Gasteiger partial charge in [0.15, 0.2) is 5.82 Å². The first-order valence-corrected chi connectivity index (χ1v) is 16.2. The van der Waals surface area contributed by atoms with E-state index < -0.39 is 0 Å². The van der Waals surface area contributed by atoms with Gasteiger partial charge in [-0.3, -0.25) is 0 Å². The van der Waals surface area contributed by atoms with Crippen LogP contribution in [0.4, 0.5) is 0 Å². The van der Waals surface area contributed by atoms with Crippen molar-refractivity contribution >= 4 is 0 Å². The molecule has 0 atom stereocenters. The summed E-state index contributed by atoms with van der Waals surface area (Å²) in [6, 6.07) is 68.1. The molecule has 1 aromatic heterocycles. The van der Waals surface area contributed by atoms with Gasteiger partial charge in [0.2, 0.25) is 0 Å². The van der Waals surface area contributed by atoms with E-state index in [9.17, 15) is 0 Å². The van der Waals surface area contributed by atoms with Gasteiger partial charge >= 0.3 is 0 Å². The third-order valence-corrected chi connectivity index (χ3v) is 8.70. The maximum Gasteiger partial charge on any atom is 0.160 e. The monoisotopic (exact) mass is 612 g/mol. The van der Waals surface area contributed by atoms with Gasteiger partial charge in [0, 0.05) is 16.7 Å². The van der Waals surface area contributed by atoms with Crippen molar-refractivity contribution in [3.8, 4) is 78.4 Å². The van der Waals surface area contributed by atoms with Crippen LogP contribution in [0.5, 0.6) is 0 Å². The van der Waals surface area contributed by atoms with Crippen LogP contribution >= 0.6 is 0 Å². The van der Waals surface area contributed by atoms with E-state index >= 15 is 0 Å². The molecule has 0 aliphatic carbocycles. The molecule has 0 saturated carbocycles. The highest BCUT2D eigenvalue weighted by atomic mass is 14.9. The fourth-order valence-corrected chi connectivity index (χ4v) is 6.17. The molecule has 0 N–H and O–H groups in total. The largest absolute Gasteiger partial charge is 0.228 e. The number of benzene rings is 7. The molecule has 0 aliphatic heterocycles. The second-order valence-corrected chi connectivity index (χ2v) is 11.9. The van der Waals surface area contributed by atoms with Crippen molar-refractivity contribution in [2.45, 2.75) is 0 Å². The van der Waals surface area contributed by atoms with Gasteiger partial charge in [0.25, 0.3) is 0 Å². The summed E-state index contributed by atoms with van der Waals surface area (Å²) in [5, 5.41) is 0. The van der Waals surface area contributed by atoms with Crippen molar-refractivity contribution in [2.24, 2.45) is 0 Å². The summed E-state index contributed by atoms with van der Waals surface area (Å²) in [4.78, 5) is 10.1. The van der Waals surface area contributed by atoms with Gasteiger partial charge in [-0.25, -0.2) is 9.97 Å². The average molecular weight is 613 g/mol. The Morgan fingerprint density at radius 3 is 0.938 bits per heavy atom. The predicted molar refractivity (Wildman–Crippen MR) is 200 cm³/mol. The van der Waals surface area contributed by atoms with E-state index in [4.69, 9.17) is 9.97 Å². The van der Waals surface area contributed by atoms with Crippen LogP contribution < -0.4 is 0 Å². The molecular formula is C46H32N2. The zero-order valence-corrected chi connectivity index (χ0v) is 26.4. The second-order valence-electron chi connectivity index (χ2n) is 11.9. The van der Waals surface area contributed by atoms with Gasteiger partial charge in [0.05, 0.1) is 11.4 Å². The summed E-state index contributed by atoms with van der Waals surface area (Å²) in [5.74, 6) is 0.708. The van der Waals surface area contributed by atoms with Crippen LogP contribution in [0.25, 0.3) is 78.4 Å². The van der Waals surface area contributed by atoms with Crippen LogP contribution in [0.3, 0.4) is 0 Å². The van der Waals surface area contributed by atoms with E-state index in [2.05, 4.69) is 158 Å². The Bertz CT molecular complexity index is 2250. The van der Waals surface area contributed by atoms with Gasteiger partial charge in [-0.15, -0.1) is 0 Å². The summed E-state index contributed by atoms with van der Waals surface area (Å²) in [7, 11) is 0. The molecule has 0 amide bonds. The maximum absolute atomic E-state index is 5.05. The Morgan fingerprint density at radius 2 is 0.500 bits per heavy atom. The van der Waals surface area contributed by atoms with Gasteiger partial charge in [-0.05, 0) is 68.8 Å². The lowest BCUT2D eigenvalue weighted by Crippen LogP contribution is -1.96. The van der Waals surface area contributed by atoms with Crippen LogP contribution in [0, 0.1) is 0 Å². The first-order valence-electron chi connectivity index (χ1n) is 16.2. The van der Waals surface area contributed by atoms with Gasteiger partial charge in [-0.1, -0.05) is 170 Å². The molecular weight excluding hydrogens is 581 g/mol. The third-order valence-electron chi connectivity index (χ3n) is 8.70. The smallest absolute Gasteiger partial charge is 0.160 e. The molecule has 0 aliphatic rings. The normalized spacial score (nSPS) is 10.9. The molecule has 1 heterocycles. The molecule has 226 valence electrons. The first-order chi connectivity index (χ1) is 23.8. The number of aromatic nitrogens is 2. The molecule has 0 saturated heterocycles. The van der Waals surface area contributed by atoms with E-state index in [1.54, 1.807) is 0 Å². The molecule has 8 rings (SSSR count). The molecule has 0 fully saturated rings. The zero-order valence-electron chi connectivity index (χ0n) is 26.4. The minimum Gasteiger partial charge on any atom is -0.228 e. The van der Waals surface area contributed by atoms with Gasteiger partial charge in [0.1, 0.15) is 0 Å². The highest BCUT2D eigenvalue weighted by molar-refractivity contribution is 5.80. The Kier molecular flexibility index (Phi) is 7.96. The fourth-order valence-electron chi connectivity index (χ4n) is 6.17. The lowest BCUT2D eigenvalue weighted by atomic mass is 9.95. The Balaban J connectivity index is 1.12. The number of hydrogen-bond donors (Lipinski definition) is 0. The molecule has 0 unspecified atom stereocenters. The van der Waals surface area contributed by atoms with Crippen LogP contribution in [-0.2, 0) is 0 Å². The van der Waals surface area contributed by atoms with Crippen molar-refractivity contribution in [3.63, 3.8) is 0 Å². The Morgan fingerprint density at radius 1 is 0.208 bits per heavy atom. The van der Waals surface area contributed by atoms with E-state index in [0.29, 0.717) is 5.82 Å². The van der Waals surface area contributed by atoms with E-state index in [-0.39, 0.29) is 0 Å². The minimum atomic E-state index is 0.708. The highest BCUT2D eigenvalue weighted by Crippen LogP contribution is 2.33. The SMILES string of the molecule is c1ccc(-c2ccc(-c3cccc(-c4cccc(-c5cccc(-c6nc(-c7ccccc7)cc(-c7ccccc7)n6)c5)c4)c3)cc2)cc1. The predicted octanol–water partition coefficient (Wildman–Crippen LogP) is 12.1. The number of hydrogen-bond acceptors (Lipinski definition) is 2. The quantitative estimate of drug-likeness (QED) is 0.179. The first kappa shape index (κ1) is 29.1. The van der Waals surface area contributed by atoms with E-state index in [1.165, 1.54) is 33.4 Å². The molecule has 8 aromatic rings. The lowest BCUT2D eigenvalue weighted by Gasteiger charge is -2.11. The molecule has 0 radical (unpaired) electrons. The van der Waals surface area contributed by atoms with Crippen LogP contribution in [0.1, 0.15) is 0 Å². The summed E-state index contributed by atoms with van der Waals surface area (Å²) in [6.45, 7) is 0. The third kappa shape index (κ3) is 6.20. The molecule has 0 spiro atoms. The fraction of sp³-hybridized carbons (Fsp3) is 0. The lowest BCUT2D eigenvalue weighted by molar-refractivity contribution is 1.18. The topological polar surface area (TPSA) is 25.8 Å².